The second-order valence-corrected chi connectivity index (χ2v) is 9.56. The Labute approximate surface area is 201 Å². The second-order valence-electron chi connectivity index (χ2n) is 8.67. The molecule has 0 radical (unpaired) electrons. The summed E-state index contributed by atoms with van der Waals surface area (Å²) in [7, 11) is 0. The average Bonchev–Trinajstić information content (AvgIpc) is 3.52. The maximum atomic E-state index is 12.5. The van der Waals surface area contributed by atoms with E-state index >= 15 is 0 Å². The van der Waals surface area contributed by atoms with Crippen LogP contribution in [0.5, 0.6) is 0 Å². The number of carbonyl (C=O) groups is 1. The first kappa shape index (κ1) is 22.5. The zero-order valence-electron chi connectivity index (χ0n) is 18.6. The number of anilines is 1. The van der Waals surface area contributed by atoms with Gasteiger partial charge in [-0.15, -0.1) is 11.3 Å². The van der Waals surface area contributed by atoms with Crippen LogP contribution in [0, 0.1) is 0 Å². The summed E-state index contributed by atoms with van der Waals surface area (Å²) in [4.78, 5) is 29.8. The first-order valence-corrected chi connectivity index (χ1v) is 12.3. The summed E-state index contributed by atoms with van der Waals surface area (Å²) in [6.07, 6.45) is 3.70. The van der Waals surface area contributed by atoms with E-state index in [2.05, 4.69) is 15.6 Å². The highest BCUT2D eigenvalue weighted by Crippen LogP contribution is 2.27. The SMILES string of the molecule is O=C(Cn1cnc2sccc2c1=O)Nc1ccc(C[C@@H]2CC[C@H]([C@H](O)c3ccccc3)N2)cc1. The molecule has 1 saturated heterocycles. The van der Waals surface area contributed by atoms with E-state index in [0.717, 1.165) is 30.4 Å². The number of nitrogens with zero attached hydrogens (tertiary/aromatic N) is 2. The lowest BCUT2D eigenvalue weighted by Gasteiger charge is -2.20. The van der Waals surface area contributed by atoms with E-state index in [4.69, 9.17) is 0 Å². The van der Waals surface area contributed by atoms with Crippen molar-refractivity contribution in [3.05, 3.63) is 93.9 Å². The summed E-state index contributed by atoms with van der Waals surface area (Å²) in [6, 6.07) is 19.6. The van der Waals surface area contributed by atoms with Gasteiger partial charge in [-0.05, 0) is 54.0 Å². The van der Waals surface area contributed by atoms with Crippen LogP contribution in [0.25, 0.3) is 10.2 Å². The van der Waals surface area contributed by atoms with Crippen LogP contribution in [0.3, 0.4) is 0 Å². The zero-order valence-corrected chi connectivity index (χ0v) is 19.4. The summed E-state index contributed by atoms with van der Waals surface area (Å²) in [5, 5.41) is 19.4. The van der Waals surface area contributed by atoms with Crippen LogP contribution in [0.4, 0.5) is 5.69 Å². The van der Waals surface area contributed by atoms with Gasteiger partial charge < -0.3 is 15.7 Å². The van der Waals surface area contributed by atoms with Crippen molar-refractivity contribution in [3.63, 3.8) is 0 Å². The number of hydrogen-bond acceptors (Lipinski definition) is 6. The third kappa shape index (κ3) is 4.94. The molecule has 2 aromatic heterocycles. The molecule has 0 bridgehead atoms. The normalized spacial score (nSPS) is 18.7. The number of aliphatic hydroxyl groups excluding tert-OH is 1. The summed E-state index contributed by atoms with van der Waals surface area (Å²) >= 11 is 1.40. The monoisotopic (exact) mass is 474 g/mol. The number of aromatic nitrogens is 2. The minimum atomic E-state index is -0.507. The standard InChI is InChI=1S/C26H26N4O3S/c31-23(15-30-16-27-25-21(26(30)33)12-13-34-25)29-19-8-6-17(7-9-19)14-20-10-11-22(28-20)24(32)18-4-2-1-3-5-18/h1-9,12-13,16,20,22,24,28,32H,10-11,14-15H2,(H,29,31)/t20-,22+,24+/m0/s1. The van der Waals surface area contributed by atoms with Gasteiger partial charge in [-0.3, -0.25) is 14.2 Å². The molecular weight excluding hydrogens is 448 g/mol. The van der Waals surface area contributed by atoms with E-state index in [1.165, 1.54) is 22.2 Å². The van der Waals surface area contributed by atoms with Crippen molar-refractivity contribution in [2.75, 3.05) is 5.32 Å². The lowest BCUT2D eigenvalue weighted by Crippen LogP contribution is -2.35. The molecule has 0 saturated carbocycles. The van der Waals surface area contributed by atoms with Gasteiger partial charge in [0.25, 0.3) is 5.56 Å². The quantitative estimate of drug-likeness (QED) is 0.381. The van der Waals surface area contributed by atoms with Gasteiger partial charge in [0.15, 0.2) is 0 Å². The Balaban J connectivity index is 1.14. The first-order chi connectivity index (χ1) is 16.6. The van der Waals surface area contributed by atoms with Crippen LogP contribution in [0.2, 0.25) is 0 Å². The lowest BCUT2D eigenvalue weighted by molar-refractivity contribution is -0.116. The molecule has 5 rings (SSSR count). The Morgan fingerprint density at radius 1 is 1.15 bits per heavy atom. The Morgan fingerprint density at radius 3 is 2.74 bits per heavy atom. The van der Waals surface area contributed by atoms with Gasteiger partial charge in [0, 0.05) is 17.8 Å². The predicted octanol–water partition coefficient (Wildman–Crippen LogP) is 3.49. The van der Waals surface area contributed by atoms with Crippen molar-refractivity contribution in [1.29, 1.82) is 0 Å². The fraction of sp³-hybridized carbons (Fsp3) is 0.269. The third-order valence-electron chi connectivity index (χ3n) is 6.28. The lowest BCUT2D eigenvalue weighted by atomic mass is 10.0. The number of hydrogen-bond donors (Lipinski definition) is 3. The molecule has 174 valence electrons. The van der Waals surface area contributed by atoms with E-state index < -0.39 is 6.10 Å². The van der Waals surface area contributed by atoms with E-state index in [1.807, 2.05) is 60.0 Å². The Hall–Kier alpha value is -3.33. The molecule has 3 heterocycles. The minimum absolute atomic E-state index is 0.0529. The van der Waals surface area contributed by atoms with E-state index in [9.17, 15) is 14.7 Å². The van der Waals surface area contributed by atoms with E-state index in [1.54, 1.807) is 6.07 Å². The van der Waals surface area contributed by atoms with Crippen molar-refractivity contribution in [1.82, 2.24) is 14.9 Å². The van der Waals surface area contributed by atoms with Gasteiger partial charge in [0.2, 0.25) is 5.91 Å². The van der Waals surface area contributed by atoms with Crippen molar-refractivity contribution >= 4 is 33.1 Å². The molecule has 0 spiro atoms. The van der Waals surface area contributed by atoms with Crippen molar-refractivity contribution in [3.8, 4) is 0 Å². The largest absolute Gasteiger partial charge is 0.387 e. The molecule has 8 heteroatoms. The van der Waals surface area contributed by atoms with Crippen molar-refractivity contribution in [2.24, 2.45) is 0 Å². The molecule has 1 aliphatic rings. The highest BCUT2D eigenvalue weighted by molar-refractivity contribution is 7.16. The van der Waals surface area contributed by atoms with Gasteiger partial charge >= 0.3 is 0 Å². The van der Waals surface area contributed by atoms with Gasteiger partial charge in [-0.2, -0.15) is 0 Å². The third-order valence-corrected chi connectivity index (χ3v) is 7.10. The molecule has 1 fully saturated rings. The topological polar surface area (TPSA) is 96.2 Å². The summed E-state index contributed by atoms with van der Waals surface area (Å²) < 4.78 is 1.32. The van der Waals surface area contributed by atoms with Crippen LogP contribution in [-0.4, -0.2) is 32.6 Å². The zero-order chi connectivity index (χ0) is 23.5. The number of nitrogens with one attached hydrogen (secondary N) is 2. The first-order valence-electron chi connectivity index (χ1n) is 11.4. The Bertz CT molecular complexity index is 1330. The number of fused-ring (bicyclic) bond motifs is 1. The van der Waals surface area contributed by atoms with Crippen LogP contribution >= 0.6 is 11.3 Å². The summed E-state index contributed by atoms with van der Waals surface area (Å²) in [5.74, 6) is -0.276. The van der Waals surface area contributed by atoms with Crippen LogP contribution in [0.1, 0.15) is 30.1 Å². The number of carbonyl (C=O) groups excluding carboxylic acids is 1. The van der Waals surface area contributed by atoms with Gasteiger partial charge in [0.05, 0.1) is 17.8 Å². The molecule has 3 N–H and O–H groups in total. The molecule has 34 heavy (non-hydrogen) atoms. The number of amides is 1. The van der Waals surface area contributed by atoms with Gasteiger partial charge in [-0.25, -0.2) is 4.98 Å². The molecule has 4 aromatic rings. The smallest absolute Gasteiger partial charge is 0.262 e. The maximum absolute atomic E-state index is 12.5. The fourth-order valence-corrected chi connectivity index (χ4v) is 5.24. The molecular formula is C26H26N4O3S. The van der Waals surface area contributed by atoms with Crippen LogP contribution < -0.4 is 16.2 Å². The number of thiophene rings is 1. The van der Waals surface area contributed by atoms with E-state index in [-0.39, 0.29) is 24.1 Å². The highest BCUT2D eigenvalue weighted by atomic mass is 32.1. The van der Waals surface area contributed by atoms with Crippen molar-refractivity contribution < 1.29 is 9.90 Å². The Morgan fingerprint density at radius 2 is 1.94 bits per heavy atom. The van der Waals surface area contributed by atoms with E-state index in [0.29, 0.717) is 21.9 Å². The predicted molar refractivity (Wildman–Crippen MR) is 134 cm³/mol. The number of rotatable bonds is 7. The number of aliphatic hydroxyl groups is 1. The van der Waals surface area contributed by atoms with Gasteiger partial charge in [-0.1, -0.05) is 42.5 Å². The van der Waals surface area contributed by atoms with Crippen molar-refractivity contribution in [2.45, 2.75) is 44.0 Å². The molecule has 2 aromatic carbocycles. The minimum Gasteiger partial charge on any atom is -0.387 e. The van der Waals surface area contributed by atoms with Crippen LogP contribution in [0.15, 0.2) is 77.2 Å². The molecule has 1 amide bonds. The second kappa shape index (κ2) is 9.89. The fourth-order valence-electron chi connectivity index (χ4n) is 4.51. The highest BCUT2D eigenvalue weighted by Gasteiger charge is 2.29. The summed E-state index contributed by atoms with van der Waals surface area (Å²) in [5.41, 5.74) is 2.57. The molecule has 1 aliphatic heterocycles. The van der Waals surface area contributed by atoms with Gasteiger partial charge in [0.1, 0.15) is 11.4 Å². The van der Waals surface area contributed by atoms with Crippen LogP contribution in [-0.2, 0) is 17.8 Å². The molecule has 7 nitrogen and oxygen atoms in total. The maximum Gasteiger partial charge on any atom is 0.262 e. The molecule has 3 atom stereocenters. The molecule has 0 aliphatic carbocycles. The summed E-state index contributed by atoms with van der Waals surface area (Å²) in [6.45, 7) is -0.0868. The molecule has 0 unspecified atom stereocenters. The average molecular weight is 475 g/mol. The Kier molecular flexibility index (Phi) is 6.53. The number of benzene rings is 2.